The molecule has 12 rings (SSSR count). The third-order valence-corrected chi connectivity index (χ3v) is 11.2. The van der Waals surface area contributed by atoms with Gasteiger partial charge < -0.3 is 0 Å². The number of hydrogen-bond donors (Lipinski definition) is 0. The van der Waals surface area contributed by atoms with Crippen LogP contribution in [0.4, 0.5) is 0 Å². The minimum atomic E-state index is 0.783. The molecule has 9 aromatic carbocycles. The lowest BCUT2D eigenvalue weighted by Crippen LogP contribution is -2.03. The van der Waals surface area contributed by atoms with Crippen LogP contribution >= 0.6 is 0 Å². The number of rotatable bonds is 4. The lowest BCUT2D eigenvalue weighted by Gasteiger charge is -2.16. The van der Waals surface area contributed by atoms with Crippen molar-refractivity contribution in [2.45, 2.75) is 0 Å². The first-order valence-electron chi connectivity index (χ1n) is 18.8. The number of nitrogens with zero attached hydrogens (tertiary/aromatic N) is 6. The second kappa shape index (κ2) is 11.9. The summed E-state index contributed by atoms with van der Waals surface area (Å²) in [7, 11) is 0. The Labute approximate surface area is 320 Å². The lowest BCUT2D eigenvalue weighted by atomic mass is 10.00. The molecule has 0 amide bonds. The molecule has 3 aromatic heterocycles. The van der Waals surface area contributed by atoms with Gasteiger partial charge in [-0.05, 0) is 57.9 Å². The van der Waals surface area contributed by atoms with E-state index in [1.54, 1.807) is 12.4 Å². The molecule has 56 heavy (non-hydrogen) atoms. The molecule has 6 heteroatoms. The summed E-state index contributed by atoms with van der Waals surface area (Å²) in [4.78, 5) is 21.0. The summed E-state index contributed by atoms with van der Waals surface area (Å²) >= 11 is 0. The summed E-state index contributed by atoms with van der Waals surface area (Å²) in [6.45, 7) is 0. The van der Waals surface area contributed by atoms with E-state index in [-0.39, 0.29) is 0 Å². The van der Waals surface area contributed by atoms with Gasteiger partial charge in [0.25, 0.3) is 0 Å². The van der Waals surface area contributed by atoms with Crippen molar-refractivity contribution in [2.24, 2.45) is 0 Å². The minimum absolute atomic E-state index is 0.783. The Hall–Kier alpha value is -7.70. The fourth-order valence-corrected chi connectivity index (χ4v) is 8.81. The van der Waals surface area contributed by atoms with Crippen LogP contribution in [0.3, 0.4) is 0 Å². The first-order valence-corrected chi connectivity index (χ1v) is 18.8. The average Bonchev–Trinajstić information content (AvgIpc) is 3.88. The normalized spacial score (nSPS) is 11.9. The van der Waals surface area contributed by atoms with Gasteiger partial charge >= 0.3 is 0 Å². The molecule has 0 atom stereocenters. The quantitative estimate of drug-likeness (QED) is 0.170. The molecule has 260 valence electrons. The number of hydrogen-bond acceptors (Lipinski definition) is 4. The van der Waals surface area contributed by atoms with Crippen LogP contribution in [0, 0.1) is 0 Å². The molecule has 0 radical (unpaired) electrons. The van der Waals surface area contributed by atoms with Crippen LogP contribution < -0.4 is 0 Å². The van der Waals surface area contributed by atoms with E-state index in [9.17, 15) is 0 Å². The summed E-state index contributed by atoms with van der Waals surface area (Å²) in [6.07, 6.45) is 3.51. The van der Waals surface area contributed by atoms with Gasteiger partial charge in [-0.25, -0.2) is 9.97 Å². The van der Waals surface area contributed by atoms with Gasteiger partial charge in [-0.15, -0.1) is 0 Å². The zero-order valence-corrected chi connectivity index (χ0v) is 30.0. The van der Waals surface area contributed by atoms with Crippen molar-refractivity contribution in [3.63, 3.8) is 0 Å². The molecule has 6 nitrogen and oxygen atoms in total. The maximum Gasteiger partial charge on any atom is 0.146 e. The third-order valence-electron chi connectivity index (χ3n) is 11.2. The maximum absolute atomic E-state index is 5.66. The Bertz CT molecular complexity index is 3290. The molecule has 0 aliphatic rings. The van der Waals surface area contributed by atoms with Gasteiger partial charge in [0.1, 0.15) is 11.6 Å². The number of imidazole rings is 2. The predicted octanol–water partition coefficient (Wildman–Crippen LogP) is 12.3. The zero-order valence-electron chi connectivity index (χ0n) is 30.0. The summed E-state index contributed by atoms with van der Waals surface area (Å²) in [5.74, 6) is 1.60. The Kier molecular flexibility index (Phi) is 6.53. The Morgan fingerprint density at radius 3 is 1.04 bits per heavy atom. The first-order chi connectivity index (χ1) is 27.8. The molecular weight excluding hydrogens is 685 g/mol. The highest BCUT2D eigenvalue weighted by Gasteiger charge is 2.27. The van der Waals surface area contributed by atoms with E-state index in [4.69, 9.17) is 19.9 Å². The van der Waals surface area contributed by atoms with E-state index in [0.717, 1.165) is 88.8 Å². The van der Waals surface area contributed by atoms with Crippen molar-refractivity contribution < 1.29 is 0 Å². The molecule has 0 N–H and O–H groups in total. The molecule has 0 spiro atoms. The van der Waals surface area contributed by atoms with Crippen LogP contribution in [0.15, 0.2) is 182 Å². The van der Waals surface area contributed by atoms with E-state index in [1.165, 1.54) is 21.5 Å². The van der Waals surface area contributed by atoms with Gasteiger partial charge in [-0.3, -0.25) is 19.1 Å². The summed E-state index contributed by atoms with van der Waals surface area (Å²) < 4.78 is 4.65. The highest BCUT2D eigenvalue weighted by molar-refractivity contribution is 6.25. The van der Waals surface area contributed by atoms with Gasteiger partial charge in [0.2, 0.25) is 0 Å². The van der Waals surface area contributed by atoms with Gasteiger partial charge in [-0.1, -0.05) is 133 Å². The fraction of sp³-hybridized carbons (Fsp3) is 0. The number of fused-ring (bicyclic) bond motifs is 13. The SMILES string of the molecule is c1ccc(-n2c(-c3cc4nccnc4cc3-c3nc4c5ccccc5c5ccccc5c4n3-c3ccccc3)nc3c4ccccc4c4ccccc4c32)cc1. The smallest absolute Gasteiger partial charge is 0.146 e. The highest BCUT2D eigenvalue weighted by atomic mass is 15.1. The molecule has 0 bridgehead atoms. The molecule has 0 saturated heterocycles. The van der Waals surface area contributed by atoms with Crippen molar-refractivity contribution in [1.82, 2.24) is 29.1 Å². The zero-order chi connectivity index (χ0) is 36.7. The van der Waals surface area contributed by atoms with E-state index in [0.29, 0.717) is 0 Å². The van der Waals surface area contributed by atoms with E-state index in [2.05, 4.69) is 179 Å². The van der Waals surface area contributed by atoms with E-state index >= 15 is 0 Å². The average molecular weight is 715 g/mol. The fourth-order valence-electron chi connectivity index (χ4n) is 8.81. The standard InChI is InChI=1S/C50H30N6/c1-3-15-31(16-4-1)55-47-39-25-13-9-21-35(39)33-19-7-11-23-37(33)45(47)53-49(55)41-29-43-44(52-28-27-51-43)30-42(41)50-54-46-38-24-12-8-20-34(38)36-22-10-14-26-40(36)48(46)56(50)32-17-5-2-6-18-32/h1-30H. The van der Waals surface area contributed by atoms with E-state index in [1.807, 2.05) is 0 Å². The van der Waals surface area contributed by atoms with Crippen LogP contribution in [0.1, 0.15) is 0 Å². The van der Waals surface area contributed by atoms with Crippen molar-refractivity contribution in [3.8, 4) is 34.2 Å². The van der Waals surface area contributed by atoms with Crippen LogP contribution in [-0.2, 0) is 0 Å². The van der Waals surface area contributed by atoms with Crippen LogP contribution in [0.5, 0.6) is 0 Å². The molecule has 12 aromatic rings. The lowest BCUT2D eigenvalue weighted by molar-refractivity contribution is 1.09. The van der Waals surface area contributed by atoms with Gasteiger partial charge in [0.05, 0.1) is 33.1 Å². The largest absolute Gasteiger partial charge is 0.292 e. The monoisotopic (exact) mass is 714 g/mol. The predicted molar refractivity (Wildman–Crippen MR) is 230 cm³/mol. The number of benzene rings is 9. The second-order valence-electron chi connectivity index (χ2n) is 14.2. The van der Waals surface area contributed by atoms with Crippen molar-refractivity contribution in [2.75, 3.05) is 0 Å². The molecule has 0 aliphatic heterocycles. The highest BCUT2D eigenvalue weighted by Crippen LogP contribution is 2.45. The molecule has 0 saturated carbocycles. The summed E-state index contributed by atoms with van der Waals surface area (Å²) in [5, 5.41) is 9.22. The van der Waals surface area contributed by atoms with Crippen LogP contribution in [0.25, 0.3) is 110 Å². The Morgan fingerprint density at radius 1 is 0.321 bits per heavy atom. The van der Waals surface area contributed by atoms with Crippen molar-refractivity contribution in [1.29, 1.82) is 0 Å². The number of aromatic nitrogens is 6. The summed E-state index contributed by atoms with van der Waals surface area (Å²) in [5.41, 5.74) is 9.41. The third kappa shape index (κ3) is 4.38. The second-order valence-corrected chi connectivity index (χ2v) is 14.2. The molecule has 0 fully saturated rings. The Morgan fingerprint density at radius 2 is 0.643 bits per heavy atom. The van der Waals surface area contributed by atoms with Crippen LogP contribution in [0.2, 0.25) is 0 Å². The maximum atomic E-state index is 5.66. The first kappa shape index (κ1) is 30.7. The minimum Gasteiger partial charge on any atom is -0.292 e. The molecule has 3 heterocycles. The van der Waals surface area contributed by atoms with Crippen molar-refractivity contribution in [3.05, 3.63) is 182 Å². The summed E-state index contributed by atoms with van der Waals surface area (Å²) in [6, 6.07) is 59.9. The molecular formula is C50H30N6. The van der Waals surface area contributed by atoms with E-state index < -0.39 is 0 Å². The van der Waals surface area contributed by atoms with Crippen LogP contribution in [-0.4, -0.2) is 29.1 Å². The van der Waals surface area contributed by atoms with Gasteiger partial charge in [0, 0.05) is 56.4 Å². The van der Waals surface area contributed by atoms with Crippen molar-refractivity contribution >= 4 is 76.2 Å². The number of para-hydroxylation sites is 2. The topological polar surface area (TPSA) is 61.4 Å². The van der Waals surface area contributed by atoms with Gasteiger partial charge in [0.15, 0.2) is 0 Å². The Balaban J connectivity index is 1.30. The molecule has 0 aliphatic carbocycles. The van der Waals surface area contributed by atoms with Gasteiger partial charge in [-0.2, -0.15) is 0 Å². The molecule has 0 unspecified atom stereocenters.